The van der Waals surface area contributed by atoms with Crippen molar-refractivity contribution in [3.05, 3.63) is 58.6 Å². The molecule has 0 heterocycles. The average molecular weight is 364 g/mol. The van der Waals surface area contributed by atoms with Crippen LogP contribution in [-0.4, -0.2) is 25.6 Å². The third kappa shape index (κ3) is 4.33. The molecule has 0 saturated heterocycles. The predicted molar refractivity (Wildman–Crippen MR) is 86.0 cm³/mol. The van der Waals surface area contributed by atoms with Crippen molar-refractivity contribution in [1.29, 1.82) is 0 Å². The van der Waals surface area contributed by atoms with Gasteiger partial charge < -0.3 is 14.8 Å². The summed E-state index contributed by atoms with van der Waals surface area (Å²) in [6.45, 7) is -0.110. The van der Waals surface area contributed by atoms with Gasteiger partial charge in [-0.15, -0.1) is 0 Å². The minimum Gasteiger partial charge on any atom is -0.483 e. The quantitative estimate of drug-likeness (QED) is 0.828. The molecule has 114 valence electrons. The third-order valence-electron chi connectivity index (χ3n) is 2.79. The number of hydrogen-bond acceptors (Lipinski definition) is 4. The molecular formula is C16H14BrNO4. The summed E-state index contributed by atoms with van der Waals surface area (Å²) in [6, 6.07) is 13.7. The lowest BCUT2D eigenvalue weighted by Crippen LogP contribution is -2.20. The SMILES string of the molecule is COC(=O)c1ccc(NC(=O)COc2ccccc2Br)cc1. The predicted octanol–water partition coefficient (Wildman–Crippen LogP) is 3.25. The summed E-state index contributed by atoms with van der Waals surface area (Å²) in [4.78, 5) is 23.1. The molecule has 0 aliphatic heterocycles. The number of amides is 1. The zero-order chi connectivity index (χ0) is 15.9. The van der Waals surface area contributed by atoms with Crippen LogP contribution in [0.1, 0.15) is 10.4 Å². The first-order chi connectivity index (χ1) is 10.6. The van der Waals surface area contributed by atoms with Crippen molar-refractivity contribution >= 4 is 33.5 Å². The Kier molecular flexibility index (Phi) is 5.55. The zero-order valence-electron chi connectivity index (χ0n) is 11.8. The normalized spacial score (nSPS) is 9.91. The number of esters is 1. The first-order valence-corrected chi connectivity index (χ1v) is 7.25. The first kappa shape index (κ1) is 16.0. The molecule has 0 aliphatic rings. The Labute approximate surface area is 136 Å². The molecule has 0 saturated carbocycles. The Bertz CT molecular complexity index is 670. The Balaban J connectivity index is 1.89. The van der Waals surface area contributed by atoms with Gasteiger partial charge in [-0.1, -0.05) is 12.1 Å². The zero-order valence-corrected chi connectivity index (χ0v) is 13.4. The van der Waals surface area contributed by atoms with Crippen molar-refractivity contribution in [3.63, 3.8) is 0 Å². The number of anilines is 1. The minimum atomic E-state index is -0.421. The molecule has 2 aromatic carbocycles. The summed E-state index contributed by atoms with van der Waals surface area (Å²) in [7, 11) is 1.32. The van der Waals surface area contributed by atoms with Crippen LogP contribution in [0.2, 0.25) is 0 Å². The fourth-order valence-electron chi connectivity index (χ4n) is 1.71. The van der Waals surface area contributed by atoms with Gasteiger partial charge in [-0.2, -0.15) is 0 Å². The minimum absolute atomic E-state index is 0.110. The maximum atomic E-state index is 11.8. The van der Waals surface area contributed by atoms with Crippen molar-refractivity contribution in [2.45, 2.75) is 0 Å². The van der Waals surface area contributed by atoms with Gasteiger partial charge in [0.05, 0.1) is 17.1 Å². The van der Waals surface area contributed by atoms with Crippen molar-refractivity contribution < 1.29 is 19.1 Å². The average Bonchev–Trinajstić information content (AvgIpc) is 2.54. The van der Waals surface area contributed by atoms with Gasteiger partial charge in [-0.25, -0.2) is 4.79 Å². The highest BCUT2D eigenvalue weighted by molar-refractivity contribution is 9.10. The van der Waals surface area contributed by atoms with E-state index in [0.29, 0.717) is 17.0 Å². The highest BCUT2D eigenvalue weighted by Gasteiger charge is 2.08. The van der Waals surface area contributed by atoms with Gasteiger partial charge in [0.2, 0.25) is 0 Å². The molecule has 0 unspecified atom stereocenters. The number of benzene rings is 2. The van der Waals surface area contributed by atoms with Crippen molar-refractivity contribution in [2.24, 2.45) is 0 Å². The smallest absolute Gasteiger partial charge is 0.337 e. The second kappa shape index (κ2) is 7.61. The summed E-state index contributed by atoms with van der Waals surface area (Å²) < 4.78 is 10.8. The summed E-state index contributed by atoms with van der Waals surface area (Å²) in [5.74, 6) is -0.115. The molecule has 2 rings (SSSR count). The van der Waals surface area contributed by atoms with Gasteiger partial charge in [0.15, 0.2) is 6.61 Å². The highest BCUT2D eigenvalue weighted by Crippen LogP contribution is 2.23. The summed E-state index contributed by atoms with van der Waals surface area (Å²) in [5, 5.41) is 2.68. The fourth-order valence-corrected chi connectivity index (χ4v) is 2.11. The number of para-hydroxylation sites is 1. The maximum Gasteiger partial charge on any atom is 0.337 e. The molecular weight excluding hydrogens is 350 g/mol. The molecule has 6 heteroatoms. The molecule has 0 spiro atoms. The number of hydrogen-bond donors (Lipinski definition) is 1. The second-order valence-corrected chi connectivity index (χ2v) is 5.19. The molecule has 1 amide bonds. The number of methoxy groups -OCH3 is 1. The molecule has 0 aromatic heterocycles. The Morgan fingerprint density at radius 1 is 1.09 bits per heavy atom. The van der Waals surface area contributed by atoms with E-state index in [-0.39, 0.29) is 12.5 Å². The van der Waals surface area contributed by atoms with Crippen molar-refractivity contribution in [1.82, 2.24) is 0 Å². The van der Waals surface area contributed by atoms with Gasteiger partial charge in [0.1, 0.15) is 5.75 Å². The summed E-state index contributed by atoms with van der Waals surface area (Å²) in [6.07, 6.45) is 0. The van der Waals surface area contributed by atoms with E-state index in [9.17, 15) is 9.59 Å². The van der Waals surface area contributed by atoms with E-state index in [2.05, 4.69) is 26.0 Å². The van der Waals surface area contributed by atoms with Gasteiger partial charge in [0, 0.05) is 5.69 Å². The van der Waals surface area contributed by atoms with Crippen LogP contribution in [-0.2, 0) is 9.53 Å². The standard InChI is InChI=1S/C16H14BrNO4/c1-21-16(20)11-6-8-12(9-7-11)18-15(19)10-22-14-5-3-2-4-13(14)17/h2-9H,10H2,1H3,(H,18,19). The van der Waals surface area contributed by atoms with E-state index in [1.807, 2.05) is 18.2 Å². The number of carbonyl (C=O) groups excluding carboxylic acids is 2. The summed E-state index contributed by atoms with van der Waals surface area (Å²) >= 11 is 3.34. The number of ether oxygens (including phenoxy) is 2. The molecule has 5 nitrogen and oxygen atoms in total. The molecule has 22 heavy (non-hydrogen) atoms. The highest BCUT2D eigenvalue weighted by atomic mass is 79.9. The lowest BCUT2D eigenvalue weighted by Gasteiger charge is -2.09. The van der Waals surface area contributed by atoms with E-state index in [4.69, 9.17) is 4.74 Å². The van der Waals surface area contributed by atoms with Crippen LogP contribution < -0.4 is 10.1 Å². The molecule has 0 radical (unpaired) electrons. The number of nitrogens with one attached hydrogen (secondary N) is 1. The van der Waals surface area contributed by atoms with Crippen molar-refractivity contribution in [2.75, 3.05) is 19.0 Å². The molecule has 0 fully saturated rings. The Hall–Kier alpha value is -2.34. The molecule has 0 bridgehead atoms. The first-order valence-electron chi connectivity index (χ1n) is 6.45. The van der Waals surface area contributed by atoms with Crippen LogP contribution in [0.15, 0.2) is 53.0 Å². The van der Waals surface area contributed by atoms with Crippen LogP contribution in [0.3, 0.4) is 0 Å². The van der Waals surface area contributed by atoms with Crippen LogP contribution in [0, 0.1) is 0 Å². The van der Waals surface area contributed by atoms with Crippen LogP contribution in [0.25, 0.3) is 0 Å². The number of carbonyl (C=O) groups is 2. The molecule has 0 atom stereocenters. The third-order valence-corrected chi connectivity index (χ3v) is 3.44. The number of halogens is 1. The topological polar surface area (TPSA) is 64.6 Å². The van der Waals surface area contributed by atoms with Gasteiger partial charge >= 0.3 is 5.97 Å². The molecule has 1 N–H and O–H groups in total. The summed E-state index contributed by atoms with van der Waals surface area (Å²) in [5.41, 5.74) is 0.998. The van der Waals surface area contributed by atoms with Gasteiger partial charge in [-0.3, -0.25) is 4.79 Å². The van der Waals surface area contributed by atoms with Gasteiger partial charge in [-0.05, 0) is 52.3 Å². The van der Waals surface area contributed by atoms with E-state index < -0.39 is 5.97 Å². The Morgan fingerprint density at radius 2 is 1.77 bits per heavy atom. The van der Waals surface area contributed by atoms with E-state index in [0.717, 1.165) is 4.47 Å². The largest absolute Gasteiger partial charge is 0.483 e. The fraction of sp³-hybridized carbons (Fsp3) is 0.125. The maximum absolute atomic E-state index is 11.8. The van der Waals surface area contributed by atoms with Crippen molar-refractivity contribution in [3.8, 4) is 5.75 Å². The van der Waals surface area contributed by atoms with Crippen LogP contribution >= 0.6 is 15.9 Å². The van der Waals surface area contributed by atoms with E-state index in [1.54, 1.807) is 30.3 Å². The lowest BCUT2D eigenvalue weighted by atomic mass is 10.2. The van der Waals surface area contributed by atoms with Crippen LogP contribution in [0.5, 0.6) is 5.75 Å². The Morgan fingerprint density at radius 3 is 2.41 bits per heavy atom. The molecule has 2 aromatic rings. The lowest BCUT2D eigenvalue weighted by molar-refractivity contribution is -0.118. The van der Waals surface area contributed by atoms with Crippen LogP contribution in [0.4, 0.5) is 5.69 Å². The number of rotatable bonds is 5. The van der Waals surface area contributed by atoms with E-state index >= 15 is 0 Å². The molecule has 0 aliphatic carbocycles. The van der Waals surface area contributed by atoms with Gasteiger partial charge in [0.25, 0.3) is 5.91 Å². The van der Waals surface area contributed by atoms with E-state index in [1.165, 1.54) is 7.11 Å². The monoisotopic (exact) mass is 363 g/mol. The second-order valence-electron chi connectivity index (χ2n) is 4.34.